The van der Waals surface area contributed by atoms with Gasteiger partial charge in [0.05, 0.1) is 12.2 Å². The lowest BCUT2D eigenvalue weighted by molar-refractivity contribution is -0.0647. The van der Waals surface area contributed by atoms with Gasteiger partial charge in [0, 0.05) is 29.9 Å². The van der Waals surface area contributed by atoms with Gasteiger partial charge in [-0.25, -0.2) is 0 Å². The molecule has 1 amide bonds. The molecule has 4 rings (SSSR count). The molecule has 4 heterocycles. The van der Waals surface area contributed by atoms with Crippen molar-refractivity contribution in [2.75, 3.05) is 6.61 Å². The predicted octanol–water partition coefficient (Wildman–Crippen LogP) is 2.20. The van der Waals surface area contributed by atoms with Crippen molar-refractivity contribution in [2.24, 2.45) is 0 Å². The highest BCUT2D eigenvalue weighted by Crippen LogP contribution is 2.26. The van der Waals surface area contributed by atoms with Crippen LogP contribution in [0.4, 0.5) is 0 Å². The van der Waals surface area contributed by atoms with Gasteiger partial charge in [-0.2, -0.15) is 0 Å². The topological polar surface area (TPSA) is 112 Å². The molecule has 0 bridgehead atoms. The number of rotatable bonds is 6. The highest BCUT2D eigenvalue weighted by molar-refractivity contribution is 5.92. The second kappa shape index (κ2) is 7.73. The Kier molecular flexibility index (Phi) is 4.98. The average molecular weight is 381 g/mol. The first kappa shape index (κ1) is 18.1. The van der Waals surface area contributed by atoms with Crippen LogP contribution in [0.3, 0.4) is 0 Å². The number of aryl methyl sites for hydroxylation is 2. The van der Waals surface area contributed by atoms with Crippen LogP contribution in [0, 0.1) is 13.8 Å². The van der Waals surface area contributed by atoms with Gasteiger partial charge in [-0.3, -0.25) is 9.78 Å². The van der Waals surface area contributed by atoms with Gasteiger partial charge in [0.15, 0.2) is 5.69 Å². The molecule has 0 aliphatic carbocycles. The molecule has 1 saturated heterocycles. The number of carbonyl (C=O) groups is 1. The van der Waals surface area contributed by atoms with Crippen LogP contribution in [0.5, 0.6) is 5.88 Å². The second-order valence-electron chi connectivity index (χ2n) is 6.42. The number of amides is 1. The van der Waals surface area contributed by atoms with E-state index in [1.54, 1.807) is 18.3 Å². The Bertz CT molecular complexity index is 965. The number of carbonyl (C=O) groups excluding carboxylic acids is 1. The van der Waals surface area contributed by atoms with Crippen LogP contribution in [0.15, 0.2) is 35.0 Å². The van der Waals surface area contributed by atoms with Crippen molar-refractivity contribution in [3.63, 3.8) is 0 Å². The number of nitrogens with zero attached hydrogens (tertiary/aromatic N) is 4. The van der Waals surface area contributed by atoms with Crippen molar-refractivity contribution in [1.82, 2.24) is 25.7 Å². The van der Waals surface area contributed by atoms with E-state index in [1.807, 2.05) is 26.0 Å². The summed E-state index contributed by atoms with van der Waals surface area (Å²) in [5.41, 5.74) is 3.45. The SMILES string of the molecule is Cc1ccc(-c2noc(C)c2COc2ccc(C(=O)N[C@H]3CCO3)nn2)cn1. The van der Waals surface area contributed by atoms with Crippen LogP contribution in [0.25, 0.3) is 11.3 Å². The lowest BCUT2D eigenvalue weighted by Gasteiger charge is -2.26. The third-order valence-corrected chi connectivity index (χ3v) is 4.40. The van der Waals surface area contributed by atoms with E-state index in [-0.39, 0.29) is 24.4 Å². The first-order valence-electron chi connectivity index (χ1n) is 8.87. The molecule has 0 unspecified atom stereocenters. The van der Waals surface area contributed by atoms with Crippen LogP contribution in [0.1, 0.15) is 33.9 Å². The number of hydrogen-bond donors (Lipinski definition) is 1. The van der Waals surface area contributed by atoms with E-state index in [9.17, 15) is 4.79 Å². The summed E-state index contributed by atoms with van der Waals surface area (Å²) >= 11 is 0. The molecule has 144 valence electrons. The fourth-order valence-electron chi connectivity index (χ4n) is 2.63. The molecule has 9 nitrogen and oxygen atoms in total. The zero-order valence-electron chi connectivity index (χ0n) is 15.5. The third-order valence-electron chi connectivity index (χ3n) is 4.40. The molecule has 0 aromatic carbocycles. The molecule has 1 aliphatic rings. The zero-order chi connectivity index (χ0) is 19.5. The van der Waals surface area contributed by atoms with Crippen LogP contribution in [-0.2, 0) is 11.3 Å². The number of pyridine rings is 1. The third kappa shape index (κ3) is 3.84. The first-order valence-corrected chi connectivity index (χ1v) is 8.87. The number of hydrogen-bond acceptors (Lipinski definition) is 8. The predicted molar refractivity (Wildman–Crippen MR) is 97.4 cm³/mol. The molecular weight excluding hydrogens is 362 g/mol. The van der Waals surface area contributed by atoms with E-state index in [0.717, 1.165) is 23.2 Å². The van der Waals surface area contributed by atoms with Crippen molar-refractivity contribution in [2.45, 2.75) is 33.1 Å². The smallest absolute Gasteiger partial charge is 0.273 e. The molecule has 1 atom stereocenters. The molecule has 28 heavy (non-hydrogen) atoms. The number of nitrogens with one attached hydrogen (secondary N) is 1. The maximum atomic E-state index is 12.0. The largest absolute Gasteiger partial charge is 0.472 e. The minimum Gasteiger partial charge on any atom is -0.472 e. The van der Waals surface area contributed by atoms with E-state index in [1.165, 1.54) is 0 Å². The lowest BCUT2D eigenvalue weighted by atomic mass is 10.1. The first-order chi connectivity index (χ1) is 13.6. The van der Waals surface area contributed by atoms with Crippen molar-refractivity contribution < 1.29 is 18.8 Å². The Morgan fingerprint density at radius 2 is 2.11 bits per heavy atom. The monoisotopic (exact) mass is 381 g/mol. The van der Waals surface area contributed by atoms with Crippen LogP contribution < -0.4 is 10.1 Å². The normalized spacial score (nSPS) is 15.7. The van der Waals surface area contributed by atoms with Crippen molar-refractivity contribution >= 4 is 5.91 Å². The zero-order valence-corrected chi connectivity index (χ0v) is 15.5. The highest BCUT2D eigenvalue weighted by Gasteiger charge is 2.22. The molecule has 1 fully saturated rings. The lowest BCUT2D eigenvalue weighted by Crippen LogP contribution is -2.44. The van der Waals surface area contributed by atoms with Crippen molar-refractivity contribution in [3.8, 4) is 17.1 Å². The Morgan fingerprint density at radius 1 is 1.25 bits per heavy atom. The van der Waals surface area contributed by atoms with Gasteiger partial charge in [0.1, 0.15) is 24.3 Å². The van der Waals surface area contributed by atoms with Crippen molar-refractivity contribution in [3.05, 3.63) is 53.2 Å². The van der Waals surface area contributed by atoms with Gasteiger partial charge >= 0.3 is 0 Å². The second-order valence-corrected chi connectivity index (χ2v) is 6.42. The summed E-state index contributed by atoms with van der Waals surface area (Å²) in [4.78, 5) is 16.3. The molecule has 3 aromatic heterocycles. The minimum absolute atomic E-state index is 0.203. The summed E-state index contributed by atoms with van der Waals surface area (Å²) in [5.74, 6) is 0.623. The van der Waals surface area contributed by atoms with Crippen molar-refractivity contribution in [1.29, 1.82) is 0 Å². The van der Waals surface area contributed by atoms with E-state index >= 15 is 0 Å². The minimum atomic E-state index is -0.326. The highest BCUT2D eigenvalue weighted by atomic mass is 16.5. The van der Waals surface area contributed by atoms with E-state index in [4.69, 9.17) is 14.0 Å². The molecule has 9 heteroatoms. The Balaban J connectivity index is 1.42. The number of aromatic nitrogens is 4. The Labute approximate surface area is 161 Å². The van der Waals surface area contributed by atoms with Gasteiger partial charge in [-0.05, 0) is 32.0 Å². The van der Waals surface area contributed by atoms with E-state index < -0.39 is 0 Å². The van der Waals surface area contributed by atoms with E-state index in [0.29, 0.717) is 23.9 Å². The van der Waals surface area contributed by atoms with Crippen LogP contribution in [-0.4, -0.2) is 39.1 Å². The van der Waals surface area contributed by atoms with Crippen LogP contribution in [0.2, 0.25) is 0 Å². The molecule has 0 spiro atoms. The fourth-order valence-corrected chi connectivity index (χ4v) is 2.63. The van der Waals surface area contributed by atoms with Gasteiger partial charge in [-0.1, -0.05) is 5.16 Å². The average Bonchev–Trinajstić information content (AvgIpc) is 3.04. The summed E-state index contributed by atoms with van der Waals surface area (Å²) in [6.45, 7) is 4.60. The Morgan fingerprint density at radius 3 is 2.75 bits per heavy atom. The van der Waals surface area contributed by atoms with Gasteiger partial charge < -0.3 is 19.3 Å². The maximum Gasteiger partial charge on any atom is 0.273 e. The van der Waals surface area contributed by atoms with E-state index in [2.05, 4.69) is 25.7 Å². The molecule has 1 N–H and O–H groups in total. The molecule has 3 aromatic rings. The molecule has 1 aliphatic heterocycles. The van der Waals surface area contributed by atoms with Crippen LogP contribution >= 0.6 is 0 Å². The fraction of sp³-hybridized carbons (Fsp3) is 0.316. The van der Waals surface area contributed by atoms with Gasteiger partial charge in [0.25, 0.3) is 5.91 Å². The summed E-state index contributed by atoms with van der Waals surface area (Å²) in [6, 6.07) is 7.00. The molecule has 0 saturated carbocycles. The summed E-state index contributed by atoms with van der Waals surface area (Å²) < 4.78 is 16.2. The van der Waals surface area contributed by atoms with Gasteiger partial charge in [0.2, 0.25) is 5.88 Å². The number of ether oxygens (including phenoxy) is 2. The maximum absolute atomic E-state index is 12.0. The summed E-state index contributed by atoms with van der Waals surface area (Å²) in [5, 5.41) is 14.7. The molecular formula is C19H19N5O4. The summed E-state index contributed by atoms with van der Waals surface area (Å²) in [7, 11) is 0. The molecule has 0 radical (unpaired) electrons. The standard InChI is InChI=1S/C19H19N5O4/c1-11-3-4-13(9-20-11)18-14(12(2)28-24-18)10-27-17-6-5-15(22-23-17)19(25)21-16-7-8-26-16/h3-6,9,16H,7-8,10H2,1-2H3,(H,21,25)/t16-/m1/s1. The quantitative estimate of drug-likeness (QED) is 0.691. The Hall–Kier alpha value is -3.33. The summed E-state index contributed by atoms with van der Waals surface area (Å²) in [6.07, 6.45) is 2.31. The van der Waals surface area contributed by atoms with Gasteiger partial charge in [-0.15, -0.1) is 10.2 Å².